The lowest BCUT2D eigenvalue weighted by Gasteiger charge is -2.34. The van der Waals surface area contributed by atoms with E-state index in [1.807, 2.05) is 91.0 Å². The lowest BCUT2D eigenvalue weighted by Crippen LogP contribution is -2.28. The van der Waals surface area contributed by atoms with Crippen molar-refractivity contribution in [2.24, 2.45) is 0 Å². The monoisotopic (exact) mass is 1840 g/mol. The van der Waals surface area contributed by atoms with Gasteiger partial charge in [0.25, 0.3) is 0 Å². The van der Waals surface area contributed by atoms with Crippen molar-refractivity contribution in [2.75, 3.05) is 0 Å². The largest absolute Gasteiger partial charge is 0.435 e. The average molecular weight is 1850 g/mol. The van der Waals surface area contributed by atoms with Crippen LogP contribution in [0.25, 0.3) is 243 Å². The predicted octanol–water partition coefficient (Wildman–Crippen LogP) is 36.8. The maximum atomic E-state index is 6.57. The van der Waals surface area contributed by atoms with Gasteiger partial charge in [0, 0.05) is 32.8 Å². The quantitative estimate of drug-likeness (QED) is 0.127. The summed E-state index contributed by atoms with van der Waals surface area (Å²) in [5.41, 5.74) is 37.5. The van der Waals surface area contributed by atoms with Crippen LogP contribution in [0.15, 0.2) is 529 Å². The summed E-state index contributed by atoms with van der Waals surface area (Å²) in [6.45, 7) is 0. The molecule has 0 atom stereocenters. The minimum Gasteiger partial charge on any atom is -0.435 e. The predicted molar refractivity (Wildman–Crippen MR) is 599 cm³/mol. The summed E-state index contributed by atoms with van der Waals surface area (Å²) in [5.74, 6) is 1.93. The number of benzene rings is 25. The number of hydrogen-bond acceptors (Lipinski definition) is 6. The Morgan fingerprint density at radius 3 is 0.834 bits per heavy atom. The van der Waals surface area contributed by atoms with Gasteiger partial charge in [0.05, 0.1) is 10.8 Å². The fraction of sp³-hybridized carbons (Fsp3) is 0.0144. The molecule has 0 aliphatic heterocycles. The molecule has 0 radical (unpaired) electrons. The Labute approximate surface area is 836 Å². The SMILES string of the molecule is c1ccc(-c2ccc(-c3cccc(-c4ccc5ccc6ccc7nc(-c8ccccc8)oc7c6c5c4)c3)cc2)cc1.c1ccc(-c2nc3ccc4ccc5ccc(-c6ccc7c(c6)C(c6ccccc6)(c6ccccc6)c6ccc8ccccc8c6-7)cc5c4c3o2)cc1.c1ccc(-c2nc3ccc4ccc5ccc(-c6ccc7c(c6)C6(c8ccccc8-c8ccccc86)c6ccc8ccccc8c6-7)cc5c4c3o2)cc1. The third-order valence-corrected chi connectivity index (χ3v) is 30.7. The van der Waals surface area contributed by atoms with Crippen molar-refractivity contribution in [2.45, 2.75) is 10.8 Å². The molecule has 31 rings (SSSR count). The van der Waals surface area contributed by atoms with Gasteiger partial charge in [0.15, 0.2) is 16.7 Å². The molecule has 145 heavy (non-hydrogen) atoms. The third kappa shape index (κ3) is 13.2. The van der Waals surface area contributed by atoms with E-state index >= 15 is 0 Å². The highest BCUT2D eigenvalue weighted by Gasteiger charge is 2.53. The van der Waals surface area contributed by atoms with E-state index in [0.29, 0.717) is 17.7 Å². The van der Waals surface area contributed by atoms with Crippen LogP contribution in [-0.2, 0) is 10.8 Å². The zero-order valence-electron chi connectivity index (χ0n) is 78.6. The molecule has 3 aliphatic rings. The van der Waals surface area contributed by atoms with Crippen molar-refractivity contribution >= 4 is 119 Å². The van der Waals surface area contributed by atoms with Crippen molar-refractivity contribution in [3.05, 3.63) is 560 Å². The van der Waals surface area contributed by atoms with Gasteiger partial charge in [0.1, 0.15) is 16.6 Å². The van der Waals surface area contributed by atoms with Crippen molar-refractivity contribution in [1.82, 2.24) is 15.0 Å². The van der Waals surface area contributed by atoms with Crippen molar-refractivity contribution in [3.63, 3.8) is 0 Å². The zero-order valence-corrected chi connectivity index (χ0v) is 78.6. The van der Waals surface area contributed by atoms with Crippen LogP contribution in [-0.4, -0.2) is 15.0 Å². The van der Waals surface area contributed by atoms with E-state index in [1.54, 1.807) is 0 Å². The molecule has 0 N–H and O–H groups in total. The second kappa shape index (κ2) is 33.4. The molecule has 0 saturated heterocycles. The second-order valence-corrected chi connectivity index (χ2v) is 38.5. The molecule has 674 valence electrons. The van der Waals surface area contributed by atoms with Crippen LogP contribution in [0.3, 0.4) is 0 Å². The van der Waals surface area contributed by atoms with Crippen LogP contribution in [0.1, 0.15) is 44.5 Å². The molecule has 3 heterocycles. The van der Waals surface area contributed by atoms with Gasteiger partial charge >= 0.3 is 0 Å². The van der Waals surface area contributed by atoms with Crippen LogP contribution in [0.2, 0.25) is 0 Å². The molecule has 28 aromatic rings. The Morgan fingerprint density at radius 1 is 0.152 bits per heavy atom. The van der Waals surface area contributed by atoms with Crippen LogP contribution < -0.4 is 0 Å². The normalized spacial score (nSPS) is 12.8. The van der Waals surface area contributed by atoms with Gasteiger partial charge in [-0.05, 0) is 295 Å². The fourth-order valence-corrected chi connectivity index (χ4v) is 24.1. The molecule has 0 unspecified atom stereocenters. The van der Waals surface area contributed by atoms with E-state index in [4.69, 9.17) is 28.2 Å². The molecule has 3 aromatic heterocycles. The molecule has 0 fully saturated rings. The van der Waals surface area contributed by atoms with Crippen molar-refractivity contribution in [1.29, 1.82) is 0 Å². The average Bonchev–Trinajstić information content (AvgIpc) is 1.50. The van der Waals surface area contributed by atoms with Gasteiger partial charge in [-0.3, -0.25) is 0 Å². The Morgan fingerprint density at radius 2 is 0.421 bits per heavy atom. The summed E-state index contributed by atoms with van der Waals surface area (Å²) >= 11 is 0. The fourth-order valence-electron chi connectivity index (χ4n) is 24.1. The van der Waals surface area contributed by atoms with Crippen molar-refractivity contribution in [3.8, 4) is 123 Å². The van der Waals surface area contributed by atoms with Crippen LogP contribution in [0, 0.1) is 0 Å². The van der Waals surface area contributed by atoms with Crippen LogP contribution in [0.5, 0.6) is 0 Å². The first kappa shape index (κ1) is 83.0. The van der Waals surface area contributed by atoms with E-state index in [1.165, 1.54) is 177 Å². The number of fused-ring (bicyclic) bond motifs is 32. The van der Waals surface area contributed by atoms with Gasteiger partial charge in [-0.15, -0.1) is 0 Å². The van der Waals surface area contributed by atoms with Gasteiger partial charge in [-0.25, -0.2) is 15.0 Å². The summed E-state index contributed by atoms with van der Waals surface area (Å²) in [6, 6.07) is 186. The molecule has 1 spiro atoms. The molecule has 0 amide bonds. The summed E-state index contributed by atoms with van der Waals surface area (Å²) in [4.78, 5) is 14.6. The molecular weight excluding hydrogens is 1760 g/mol. The highest BCUT2D eigenvalue weighted by Crippen LogP contribution is 2.65. The highest BCUT2D eigenvalue weighted by atomic mass is 16.4. The number of nitrogens with zero attached hydrogens (tertiary/aromatic N) is 3. The maximum absolute atomic E-state index is 6.57. The summed E-state index contributed by atoms with van der Waals surface area (Å²) < 4.78 is 19.6. The standard InChI is InChI=1S/C50H29NO.C50H31NO.C39H25NO/c1-2-11-33(12-3-1)49-51-45-27-24-32-20-18-31-19-21-34(28-40(31)46(32)48(45)52-49)35-22-25-39-44(29-35)50(43-26-23-30-10-4-5-13-36(30)47(39)43)41-16-8-6-14-37(41)38-15-7-9-17-42(38)50;1-4-13-35(14-5-1)49-51-45-29-26-34-22-20-33-21-23-36(30-42(33)46(34)48(45)52-49)37-24-27-41-44(31-37)50(38-15-6-2-7-16-38,39-17-8-3-9-18-39)43-28-25-32-12-10-11-19-40(32)47(41)43;1-3-8-26(9-4-1)27-14-16-28(17-15-27)32-12-7-13-33(24-32)34-21-19-29-18-20-30-22-23-36-38(37(30)35(29)25-34)41-39(40-36)31-10-5-2-6-11-31/h1-29H;1-31H;1-25H. The Kier molecular flexibility index (Phi) is 19.1. The molecule has 0 saturated carbocycles. The smallest absolute Gasteiger partial charge is 0.227 e. The molecule has 25 aromatic carbocycles. The molecule has 6 nitrogen and oxygen atoms in total. The minimum atomic E-state index is -0.489. The number of oxazole rings is 3. The van der Waals surface area contributed by atoms with Gasteiger partial charge < -0.3 is 13.3 Å². The van der Waals surface area contributed by atoms with E-state index in [0.717, 1.165) is 93.1 Å². The first-order valence-corrected chi connectivity index (χ1v) is 49.7. The van der Waals surface area contributed by atoms with E-state index < -0.39 is 10.8 Å². The van der Waals surface area contributed by atoms with Gasteiger partial charge in [-0.1, -0.05) is 425 Å². The van der Waals surface area contributed by atoms with E-state index in [9.17, 15) is 0 Å². The zero-order chi connectivity index (χ0) is 95.4. The Balaban J connectivity index is 0.000000104. The van der Waals surface area contributed by atoms with Gasteiger partial charge in [-0.2, -0.15) is 0 Å². The first-order chi connectivity index (χ1) is 71.8. The lowest BCUT2D eigenvalue weighted by molar-refractivity contribution is 0.623. The Bertz CT molecular complexity index is 9720. The molecule has 6 heteroatoms. The van der Waals surface area contributed by atoms with E-state index in [2.05, 4.69) is 425 Å². The minimum absolute atomic E-state index is 0.415. The molecule has 0 bridgehead atoms. The molecular formula is C139H85N3O3. The second-order valence-electron chi connectivity index (χ2n) is 38.5. The van der Waals surface area contributed by atoms with Gasteiger partial charge in [0.2, 0.25) is 17.7 Å². The summed E-state index contributed by atoms with van der Waals surface area (Å²) in [6.07, 6.45) is 0. The Hall–Kier alpha value is -19.0. The van der Waals surface area contributed by atoms with Crippen LogP contribution in [0.4, 0.5) is 0 Å². The number of aromatic nitrogens is 3. The maximum Gasteiger partial charge on any atom is 0.227 e. The van der Waals surface area contributed by atoms with Crippen molar-refractivity contribution < 1.29 is 13.3 Å². The van der Waals surface area contributed by atoms with E-state index in [-0.39, 0.29) is 0 Å². The number of rotatable bonds is 10. The number of hydrogen-bond donors (Lipinski definition) is 0. The highest BCUT2D eigenvalue weighted by molar-refractivity contribution is 6.22. The van der Waals surface area contributed by atoms with Crippen LogP contribution >= 0.6 is 0 Å². The lowest BCUT2D eigenvalue weighted by atomic mass is 9.67. The first-order valence-electron chi connectivity index (χ1n) is 49.7. The molecule has 3 aliphatic carbocycles. The summed E-state index contributed by atoms with van der Waals surface area (Å²) in [7, 11) is 0. The topological polar surface area (TPSA) is 78.1 Å². The third-order valence-electron chi connectivity index (χ3n) is 30.7. The summed E-state index contributed by atoms with van der Waals surface area (Å²) in [5, 5.41) is 18.8.